The van der Waals surface area contributed by atoms with Crippen LogP contribution < -0.4 is 5.32 Å². The van der Waals surface area contributed by atoms with E-state index in [1.807, 2.05) is 18.2 Å². The predicted octanol–water partition coefficient (Wildman–Crippen LogP) is 3.71. The van der Waals surface area contributed by atoms with Crippen LogP contribution in [0.4, 0.5) is 0 Å². The molecule has 0 aliphatic carbocycles. The molecule has 98 valence electrons. The van der Waals surface area contributed by atoms with Gasteiger partial charge < -0.3 is 10.4 Å². The van der Waals surface area contributed by atoms with Crippen LogP contribution >= 0.6 is 12.4 Å². The number of phenols is 1. The highest BCUT2D eigenvalue weighted by Gasteiger charge is 2.06. The summed E-state index contributed by atoms with van der Waals surface area (Å²) in [5.74, 6) is 0.993. The number of aromatic hydroxyl groups is 1. The van der Waals surface area contributed by atoms with Crippen molar-refractivity contribution in [2.24, 2.45) is 5.92 Å². The van der Waals surface area contributed by atoms with E-state index in [0.717, 1.165) is 17.5 Å². The van der Waals surface area contributed by atoms with Crippen LogP contribution in [0, 0.1) is 5.92 Å². The Hall–Kier alpha value is -1.25. The van der Waals surface area contributed by atoms with Crippen LogP contribution in [-0.4, -0.2) is 11.7 Å². The highest BCUT2D eigenvalue weighted by Crippen LogP contribution is 2.26. The number of hydrogen-bond acceptors (Lipinski definition) is 2. The van der Waals surface area contributed by atoms with Gasteiger partial charge in [0.25, 0.3) is 0 Å². The molecule has 2 aromatic rings. The maximum Gasteiger partial charge on any atom is 0.120 e. The van der Waals surface area contributed by atoms with Gasteiger partial charge in [-0.1, -0.05) is 44.2 Å². The Morgan fingerprint density at radius 2 is 1.83 bits per heavy atom. The van der Waals surface area contributed by atoms with E-state index in [1.54, 1.807) is 6.07 Å². The summed E-state index contributed by atoms with van der Waals surface area (Å²) < 4.78 is 0. The van der Waals surface area contributed by atoms with E-state index in [2.05, 4.69) is 31.3 Å². The molecule has 0 aliphatic heterocycles. The maximum atomic E-state index is 9.93. The lowest BCUT2D eigenvalue weighted by Crippen LogP contribution is -2.19. The minimum atomic E-state index is 0. The monoisotopic (exact) mass is 265 g/mol. The van der Waals surface area contributed by atoms with Crippen molar-refractivity contribution in [3.8, 4) is 5.75 Å². The third-order valence-electron chi connectivity index (χ3n) is 2.87. The first kappa shape index (κ1) is 14.8. The summed E-state index contributed by atoms with van der Waals surface area (Å²) >= 11 is 0. The first-order valence-electron chi connectivity index (χ1n) is 6.09. The maximum absolute atomic E-state index is 9.93. The highest BCUT2D eigenvalue weighted by atomic mass is 35.5. The van der Waals surface area contributed by atoms with Gasteiger partial charge in [-0.3, -0.25) is 0 Å². The lowest BCUT2D eigenvalue weighted by molar-refractivity contribution is 0.462. The van der Waals surface area contributed by atoms with Gasteiger partial charge >= 0.3 is 0 Å². The molecule has 2 nitrogen and oxygen atoms in total. The molecule has 0 aliphatic rings. The summed E-state index contributed by atoms with van der Waals surface area (Å²) in [5.41, 5.74) is 0.990. The Morgan fingerprint density at radius 1 is 1.11 bits per heavy atom. The SMILES string of the molecule is CC(C)CNCc1c(O)ccc2ccccc12.Cl. The van der Waals surface area contributed by atoms with Gasteiger partial charge in [-0.05, 0) is 29.3 Å². The topological polar surface area (TPSA) is 32.3 Å². The van der Waals surface area contributed by atoms with Gasteiger partial charge in [-0.25, -0.2) is 0 Å². The Bertz CT molecular complexity index is 511. The van der Waals surface area contributed by atoms with Gasteiger partial charge in [0.2, 0.25) is 0 Å². The lowest BCUT2D eigenvalue weighted by Gasteiger charge is -2.11. The number of hydrogen-bond donors (Lipinski definition) is 2. The van der Waals surface area contributed by atoms with Crippen molar-refractivity contribution < 1.29 is 5.11 Å². The van der Waals surface area contributed by atoms with Crippen LogP contribution in [0.1, 0.15) is 19.4 Å². The average molecular weight is 266 g/mol. The second-order valence-corrected chi connectivity index (χ2v) is 4.81. The van der Waals surface area contributed by atoms with Gasteiger partial charge in [0.1, 0.15) is 5.75 Å². The third kappa shape index (κ3) is 3.37. The fraction of sp³-hybridized carbons (Fsp3) is 0.333. The molecular weight excluding hydrogens is 246 g/mol. The Balaban J connectivity index is 0.00000162. The van der Waals surface area contributed by atoms with E-state index in [0.29, 0.717) is 18.2 Å². The summed E-state index contributed by atoms with van der Waals surface area (Å²) in [6, 6.07) is 11.9. The van der Waals surface area contributed by atoms with Crippen LogP contribution in [0.2, 0.25) is 0 Å². The lowest BCUT2D eigenvalue weighted by atomic mass is 10.0. The molecule has 2 rings (SSSR count). The van der Waals surface area contributed by atoms with Crippen molar-refractivity contribution in [3.63, 3.8) is 0 Å². The largest absolute Gasteiger partial charge is 0.508 e. The summed E-state index contributed by atoms with van der Waals surface area (Å²) in [4.78, 5) is 0. The fourth-order valence-electron chi connectivity index (χ4n) is 2.00. The van der Waals surface area contributed by atoms with Crippen LogP contribution in [0.15, 0.2) is 36.4 Å². The Morgan fingerprint density at radius 3 is 2.56 bits per heavy atom. The number of rotatable bonds is 4. The van der Waals surface area contributed by atoms with Crippen molar-refractivity contribution in [1.29, 1.82) is 0 Å². The molecule has 0 unspecified atom stereocenters. The molecule has 0 bridgehead atoms. The van der Waals surface area contributed by atoms with E-state index in [4.69, 9.17) is 0 Å². The fourth-order valence-corrected chi connectivity index (χ4v) is 2.00. The normalized spacial score (nSPS) is 10.6. The molecule has 0 saturated heterocycles. The summed E-state index contributed by atoms with van der Waals surface area (Å²) in [7, 11) is 0. The van der Waals surface area contributed by atoms with Crippen LogP contribution in [0.5, 0.6) is 5.75 Å². The number of phenolic OH excluding ortho intramolecular Hbond substituents is 1. The van der Waals surface area contributed by atoms with Crippen molar-refractivity contribution in [2.45, 2.75) is 20.4 Å². The molecule has 0 aromatic heterocycles. The quantitative estimate of drug-likeness (QED) is 0.883. The zero-order chi connectivity index (χ0) is 12.3. The van der Waals surface area contributed by atoms with Crippen LogP contribution in [0.3, 0.4) is 0 Å². The third-order valence-corrected chi connectivity index (χ3v) is 2.87. The minimum absolute atomic E-state index is 0. The summed E-state index contributed by atoms with van der Waals surface area (Å²) in [6.07, 6.45) is 0. The molecule has 0 fully saturated rings. The average Bonchev–Trinajstić information content (AvgIpc) is 2.32. The van der Waals surface area contributed by atoms with Gasteiger partial charge in [-0.2, -0.15) is 0 Å². The first-order valence-corrected chi connectivity index (χ1v) is 6.09. The van der Waals surface area contributed by atoms with Gasteiger partial charge in [-0.15, -0.1) is 12.4 Å². The second-order valence-electron chi connectivity index (χ2n) is 4.81. The molecule has 2 aromatic carbocycles. The Labute approximate surface area is 114 Å². The molecular formula is C15H20ClNO. The molecule has 18 heavy (non-hydrogen) atoms. The second kappa shape index (κ2) is 6.62. The summed E-state index contributed by atoms with van der Waals surface area (Å²) in [5, 5.41) is 15.6. The van der Waals surface area contributed by atoms with Crippen LogP contribution in [-0.2, 0) is 6.54 Å². The van der Waals surface area contributed by atoms with E-state index in [-0.39, 0.29) is 12.4 Å². The highest BCUT2D eigenvalue weighted by molar-refractivity contribution is 5.87. The van der Waals surface area contributed by atoms with E-state index >= 15 is 0 Å². The Kier molecular flexibility index (Phi) is 5.45. The molecule has 0 atom stereocenters. The molecule has 0 saturated carbocycles. The molecule has 0 spiro atoms. The van der Waals surface area contributed by atoms with E-state index < -0.39 is 0 Å². The van der Waals surface area contributed by atoms with Crippen LogP contribution in [0.25, 0.3) is 10.8 Å². The van der Waals surface area contributed by atoms with Gasteiger partial charge in [0.15, 0.2) is 0 Å². The number of nitrogens with one attached hydrogen (secondary N) is 1. The molecule has 0 amide bonds. The smallest absolute Gasteiger partial charge is 0.120 e. The van der Waals surface area contributed by atoms with E-state index in [9.17, 15) is 5.11 Å². The molecule has 0 radical (unpaired) electrons. The van der Waals surface area contributed by atoms with E-state index in [1.165, 1.54) is 5.39 Å². The zero-order valence-electron chi connectivity index (χ0n) is 10.8. The van der Waals surface area contributed by atoms with Gasteiger partial charge in [0, 0.05) is 12.1 Å². The number of benzene rings is 2. The standard InChI is InChI=1S/C15H19NO.ClH/c1-11(2)9-16-10-14-13-6-4-3-5-12(13)7-8-15(14)17;/h3-8,11,16-17H,9-10H2,1-2H3;1H. The van der Waals surface area contributed by atoms with Crippen molar-refractivity contribution in [3.05, 3.63) is 42.0 Å². The molecule has 2 N–H and O–H groups in total. The number of halogens is 1. The zero-order valence-corrected chi connectivity index (χ0v) is 11.6. The van der Waals surface area contributed by atoms with Crippen molar-refractivity contribution >= 4 is 23.2 Å². The summed E-state index contributed by atoms with van der Waals surface area (Å²) in [6.45, 7) is 6.03. The van der Waals surface area contributed by atoms with Crippen molar-refractivity contribution in [1.82, 2.24) is 5.32 Å². The minimum Gasteiger partial charge on any atom is -0.508 e. The molecule has 0 heterocycles. The van der Waals surface area contributed by atoms with Gasteiger partial charge in [0.05, 0.1) is 0 Å². The first-order chi connectivity index (χ1) is 8.18. The predicted molar refractivity (Wildman–Crippen MR) is 79.4 cm³/mol. The molecule has 3 heteroatoms. The van der Waals surface area contributed by atoms with Crippen molar-refractivity contribution in [2.75, 3.05) is 6.54 Å². The number of fused-ring (bicyclic) bond motifs is 1.